The van der Waals surface area contributed by atoms with Crippen molar-refractivity contribution in [2.75, 3.05) is 14.2 Å². The summed E-state index contributed by atoms with van der Waals surface area (Å²) in [6, 6.07) is 6.41. The molecular weight excluding hydrogens is 400 g/mol. The van der Waals surface area contributed by atoms with Crippen molar-refractivity contribution in [1.29, 1.82) is 0 Å². The second kappa shape index (κ2) is 9.14. The molecule has 0 unspecified atom stereocenters. The highest BCUT2D eigenvalue weighted by Gasteiger charge is 2.18. The van der Waals surface area contributed by atoms with Crippen molar-refractivity contribution in [3.05, 3.63) is 62.7 Å². The highest BCUT2D eigenvalue weighted by atomic mass is 35.5. The minimum atomic E-state index is -3.08. The fourth-order valence-corrected chi connectivity index (χ4v) is 2.46. The SMILES string of the molecule is COc1cc(/C=C/C(=O)c2ccc(Cl)c([N+](=O)[O-])c2)cc(OC)c1OC(F)F. The summed E-state index contributed by atoms with van der Waals surface area (Å²) in [5, 5.41) is 10.8. The number of hydrogen-bond donors (Lipinski definition) is 0. The van der Waals surface area contributed by atoms with Gasteiger partial charge in [0.25, 0.3) is 5.69 Å². The first-order valence-electron chi connectivity index (χ1n) is 7.64. The Labute approximate surface area is 163 Å². The summed E-state index contributed by atoms with van der Waals surface area (Å²) in [5.74, 6) is -0.842. The summed E-state index contributed by atoms with van der Waals surface area (Å²) in [4.78, 5) is 22.5. The van der Waals surface area contributed by atoms with E-state index in [2.05, 4.69) is 4.74 Å². The van der Waals surface area contributed by atoms with E-state index in [1.54, 1.807) is 0 Å². The number of nitro groups is 1. The van der Waals surface area contributed by atoms with Crippen LogP contribution in [0.4, 0.5) is 14.5 Å². The number of methoxy groups -OCH3 is 2. The van der Waals surface area contributed by atoms with Crippen molar-refractivity contribution < 1.29 is 32.7 Å². The lowest BCUT2D eigenvalue weighted by Gasteiger charge is -2.14. The highest BCUT2D eigenvalue weighted by molar-refractivity contribution is 6.32. The van der Waals surface area contributed by atoms with Crippen LogP contribution in [0.1, 0.15) is 15.9 Å². The number of rotatable bonds is 8. The molecule has 2 rings (SSSR count). The van der Waals surface area contributed by atoms with E-state index in [-0.39, 0.29) is 27.8 Å². The zero-order valence-corrected chi connectivity index (χ0v) is 15.4. The maximum Gasteiger partial charge on any atom is 0.387 e. The molecule has 0 aromatic heterocycles. The van der Waals surface area contributed by atoms with Crippen LogP contribution in [0.2, 0.25) is 5.02 Å². The Morgan fingerprint density at radius 3 is 2.29 bits per heavy atom. The molecule has 0 saturated heterocycles. The Morgan fingerprint density at radius 1 is 1.18 bits per heavy atom. The number of ether oxygens (including phenoxy) is 3. The number of carbonyl (C=O) groups is 1. The maximum atomic E-state index is 12.6. The van der Waals surface area contributed by atoms with E-state index in [1.807, 2.05) is 0 Å². The fourth-order valence-electron chi connectivity index (χ4n) is 2.28. The maximum absolute atomic E-state index is 12.6. The van der Waals surface area contributed by atoms with Crippen LogP contribution in [0.3, 0.4) is 0 Å². The van der Waals surface area contributed by atoms with Crippen LogP contribution in [0.15, 0.2) is 36.4 Å². The normalized spacial score (nSPS) is 10.9. The van der Waals surface area contributed by atoms with Gasteiger partial charge in [-0.2, -0.15) is 8.78 Å². The lowest BCUT2D eigenvalue weighted by molar-refractivity contribution is -0.384. The van der Waals surface area contributed by atoms with Gasteiger partial charge in [-0.05, 0) is 35.9 Å². The fraction of sp³-hybridized carbons (Fsp3) is 0.167. The standard InChI is InChI=1S/C18H14ClF2NO6/c1-26-15-7-10(8-16(27-2)17(15)28-18(20)21)3-6-14(23)11-4-5-12(19)13(9-11)22(24)25/h3-9,18H,1-2H3/b6-3+. The number of carbonyl (C=O) groups excluding carboxylic acids is 1. The van der Waals surface area contributed by atoms with Crippen LogP contribution in [-0.2, 0) is 0 Å². The Kier molecular flexibility index (Phi) is 6.89. The van der Waals surface area contributed by atoms with Crippen molar-refractivity contribution in [1.82, 2.24) is 0 Å². The molecule has 10 heteroatoms. The zero-order valence-electron chi connectivity index (χ0n) is 14.6. The lowest BCUT2D eigenvalue weighted by atomic mass is 10.1. The number of benzene rings is 2. The van der Waals surface area contributed by atoms with Gasteiger partial charge in [-0.1, -0.05) is 17.7 Å². The van der Waals surface area contributed by atoms with E-state index in [0.717, 1.165) is 12.1 Å². The number of alkyl halides is 2. The largest absolute Gasteiger partial charge is 0.493 e. The van der Waals surface area contributed by atoms with Gasteiger partial charge in [0, 0.05) is 11.6 Å². The van der Waals surface area contributed by atoms with Gasteiger partial charge in [0.1, 0.15) is 5.02 Å². The van der Waals surface area contributed by atoms with Gasteiger partial charge in [-0.3, -0.25) is 14.9 Å². The van der Waals surface area contributed by atoms with Gasteiger partial charge in [-0.15, -0.1) is 0 Å². The van der Waals surface area contributed by atoms with Gasteiger partial charge in [0.15, 0.2) is 17.3 Å². The molecule has 2 aromatic carbocycles. The summed E-state index contributed by atoms with van der Waals surface area (Å²) in [5.41, 5.74) is 0.0637. The smallest absolute Gasteiger partial charge is 0.387 e. The number of hydrogen-bond acceptors (Lipinski definition) is 6. The molecule has 0 aliphatic carbocycles. The number of ketones is 1. The number of nitrogens with zero attached hydrogens (tertiary/aromatic N) is 1. The van der Waals surface area contributed by atoms with Gasteiger partial charge in [0.05, 0.1) is 19.1 Å². The second-order valence-corrected chi connectivity index (χ2v) is 5.66. The van der Waals surface area contributed by atoms with Crippen molar-refractivity contribution in [3.8, 4) is 17.2 Å². The van der Waals surface area contributed by atoms with Crippen LogP contribution in [-0.4, -0.2) is 31.5 Å². The van der Waals surface area contributed by atoms with E-state index in [0.29, 0.717) is 5.56 Å². The molecule has 0 atom stereocenters. The topological polar surface area (TPSA) is 87.9 Å². The van der Waals surface area contributed by atoms with Crippen molar-refractivity contribution in [2.24, 2.45) is 0 Å². The van der Waals surface area contributed by atoms with Crippen molar-refractivity contribution in [3.63, 3.8) is 0 Å². The minimum absolute atomic E-state index is 0.0196. The predicted octanol–water partition coefficient (Wildman–Crippen LogP) is 4.76. The number of halogens is 3. The van der Waals surface area contributed by atoms with Crippen LogP contribution >= 0.6 is 11.6 Å². The molecule has 7 nitrogen and oxygen atoms in total. The molecule has 148 valence electrons. The Morgan fingerprint density at radius 2 is 1.79 bits per heavy atom. The number of nitro benzene ring substituents is 1. The van der Waals surface area contributed by atoms with Crippen LogP contribution in [0.25, 0.3) is 6.08 Å². The Balaban J connectivity index is 2.34. The van der Waals surface area contributed by atoms with Crippen molar-refractivity contribution in [2.45, 2.75) is 6.61 Å². The first-order valence-corrected chi connectivity index (χ1v) is 8.01. The summed E-state index contributed by atoms with van der Waals surface area (Å²) in [6.07, 6.45) is 2.54. The summed E-state index contributed by atoms with van der Waals surface area (Å²) >= 11 is 5.72. The molecule has 0 saturated carbocycles. The average Bonchev–Trinajstić information content (AvgIpc) is 2.66. The van der Waals surface area contributed by atoms with Gasteiger partial charge in [0.2, 0.25) is 5.75 Å². The van der Waals surface area contributed by atoms with Crippen LogP contribution < -0.4 is 14.2 Å². The van der Waals surface area contributed by atoms with Gasteiger partial charge in [-0.25, -0.2) is 0 Å². The summed E-state index contributed by atoms with van der Waals surface area (Å²) in [6.45, 7) is -3.08. The molecule has 0 amide bonds. The quantitative estimate of drug-likeness (QED) is 0.268. The first kappa shape index (κ1) is 21.1. The van der Waals surface area contributed by atoms with Gasteiger partial charge >= 0.3 is 6.61 Å². The molecule has 0 aliphatic rings. The first-order chi connectivity index (χ1) is 13.3. The highest BCUT2D eigenvalue weighted by Crippen LogP contribution is 2.39. The molecule has 0 radical (unpaired) electrons. The Bertz CT molecular complexity index is 907. The van der Waals surface area contributed by atoms with E-state index >= 15 is 0 Å². The molecule has 0 spiro atoms. The monoisotopic (exact) mass is 413 g/mol. The summed E-state index contributed by atoms with van der Waals surface area (Å²) in [7, 11) is 2.52. The molecule has 0 N–H and O–H groups in total. The second-order valence-electron chi connectivity index (χ2n) is 5.25. The van der Waals surface area contributed by atoms with E-state index < -0.39 is 23.0 Å². The third kappa shape index (κ3) is 4.95. The number of allylic oxidation sites excluding steroid dienone is 1. The third-order valence-corrected chi connectivity index (χ3v) is 3.86. The average molecular weight is 414 g/mol. The molecule has 0 fully saturated rings. The zero-order chi connectivity index (χ0) is 20.8. The third-order valence-electron chi connectivity index (χ3n) is 3.54. The Hall–Kier alpha value is -3.20. The van der Waals surface area contributed by atoms with E-state index in [9.17, 15) is 23.7 Å². The molecule has 0 aliphatic heterocycles. The molecular formula is C18H14ClF2NO6. The minimum Gasteiger partial charge on any atom is -0.493 e. The molecule has 28 heavy (non-hydrogen) atoms. The van der Waals surface area contributed by atoms with Crippen molar-refractivity contribution >= 4 is 29.1 Å². The van der Waals surface area contributed by atoms with E-state index in [1.165, 1.54) is 44.6 Å². The molecule has 0 bridgehead atoms. The lowest BCUT2D eigenvalue weighted by Crippen LogP contribution is -2.05. The molecule has 0 heterocycles. The van der Waals surface area contributed by atoms with Crippen LogP contribution in [0.5, 0.6) is 17.2 Å². The van der Waals surface area contributed by atoms with Gasteiger partial charge < -0.3 is 14.2 Å². The predicted molar refractivity (Wildman–Crippen MR) is 97.6 cm³/mol. The van der Waals surface area contributed by atoms with E-state index in [4.69, 9.17) is 21.1 Å². The van der Waals surface area contributed by atoms with Crippen LogP contribution in [0, 0.1) is 10.1 Å². The molecule has 2 aromatic rings. The summed E-state index contributed by atoms with van der Waals surface area (Å²) < 4.78 is 39.6.